The van der Waals surface area contributed by atoms with Crippen LogP contribution < -0.4 is 5.32 Å². The summed E-state index contributed by atoms with van der Waals surface area (Å²) in [4.78, 5) is 19.2. The standard InChI is InChI=1S/C10H10N4OS/c1-6-9(7(2)15)10(16-14-6)13-8-3-11-5-12-4-8/h3-5,13H,1-2H3. The molecule has 2 aromatic rings. The maximum atomic E-state index is 11.4. The maximum absolute atomic E-state index is 11.4. The minimum absolute atomic E-state index is 0.00518. The molecule has 0 aromatic carbocycles. The highest BCUT2D eigenvalue weighted by Crippen LogP contribution is 2.27. The van der Waals surface area contributed by atoms with Crippen LogP contribution in [0.2, 0.25) is 0 Å². The molecule has 2 rings (SSSR count). The lowest BCUT2D eigenvalue weighted by Gasteiger charge is -2.03. The number of hydrogen-bond donors (Lipinski definition) is 1. The third-order valence-electron chi connectivity index (χ3n) is 2.03. The van der Waals surface area contributed by atoms with Crippen molar-refractivity contribution in [3.05, 3.63) is 30.0 Å². The molecular formula is C10H10N4OS. The van der Waals surface area contributed by atoms with E-state index in [0.29, 0.717) is 5.56 Å². The number of aromatic nitrogens is 3. The Morgan fingerprint density at radius 2 is 2.06 bits per heavy atom. The zero-order valence-electron chi connectivity index (χ0n) is 8.89. The lowest BCUT2D eigenvalue weighted by Crippen LogP contribution is -1.99. The van der Waals surface area contributed by atoms with Crippen LogP contribution in [0, 0.1) is 6.92 Å². The van der Waals surface area contributed by atoms with Crippen LogP contribution in [0.15, 0.2) is 18.7 Å². The molecule has 0 spiro atoms. The molecule has 0 amide bonds. The third kappa shape index (κ3) is 2.06. The van der Waals surface area contributed by atoms with Crippen molar-refractivity contribution in [3.63, 3.8) is 0 Å². The average molecular weight is 234 g/mol. The number of Topliss-reactive ketones (excluding diaryl/α,β-unsaturated/α-hetero) is 1. The second-order valence-electron chi connectivity index (χ2n) is 3.28. The number of nitrogens with one attached hydrogen (secondary N) is 1. The molecule has 16 heavy (non-hydrogen) atoms. The predicted molar refractivity (Wildman–Crippen MR) is 62.2 cm³/mol. The van der Waals surface area contributed by atoms with Gasteiger partial charge in [0.25, 0.3) is 0 Å². The lowest BCUT2D eigenvalue weighted by atomic mass is 10.2. The van der Waals surface area contributed by atoms with Crippen LogP contribution in [0.5, 0.6) is 0 Å². The number of rotatable bonds is 3. The summed E-state index contributed by atoms with van der Waals surface area (Å²) < 4.78 is 4.15. The lowest BCUT2D eigenvalue weighted by molar-refractivity contribution is 0.101. The number of carbonyl (C=O) groups is 1. The summed E-state index contributed by atoms with van der Waals surface area (Å²) in [6, 6.07) is 0. The van der Waals surface area contributed by atoms with E-state index in [4.69, 9.17) is 0 Å². The number of anilines is 2. The Hall–Kier alpha value is -1.82. The molecular weight excluding hydrogens is 224 g/mol. The fourth-order valence-corrected chi connectivity index (χ4v) is 2.23. The quantitative estimate of drug-likeness (QED) is 0.824. The Labute approximate surface area is 96.7 Å². The maximum Gasteiger partial charge on any atom is 0.164 e. The molecule has 2 heterocycles. The predicted octanol–water partition coefficient (Wildman–Crippen LogP) is 2.19. The van der Waals surface area contributed by atoms with Gasteiger partial charge in [-0.2, -0.15) is 4.37 Å². The highest BCUT2D eigenvalue weighted by molar-refractivity contribution is 7.10. The first-order valence-corrected chi connectivity index (χ1v) is 5.45. The fraction of sp³-hybridized carbons (Fsp3) is 0.200. The van der Waals surface area contributed by atoms with Crippen LogP contribution in [-0.2, 0) is 0 Å². The molecule has 0 atom stereocenters. The van der Waals surface area contributed by atoms with E-state index in [1.54, 1.807) is 12.4 Å². The van der Waals surface area contributed by atoms with E-state index in [-0.39, 0.29) is 5.78 Å². The summed E-state index contributed by atoms with van der Waals surface area (Å²) in [5, 5.41) is 3.82. The van der Waals surface area contributed by atoms with E-state index in [1.807, 2.05) is 6.92 Å². The first kappa shape index (κ1) is 10.7. The van der Waals surface area contributed by atoms with E-state index in [9.17, 15) is 4.79 Å². The summed E-state index contributed by atoms with van der Waals surface area (Å²) in [5.74, 6) is 0.00518. The largest absolute Gasteiger partial charge is 0.343 e. The van der Waals surface area contributed by atoms with Crippen LogP contribution in [0.1, 0.15) is 23.0 Å². The van der Waals surface area contributed by atoms with Gasteiger partial charge >= 0.3 is 0 Å². The van der Waals surface area contributed by atoms with Gasteiger partial charge in [-0.15, -0.1) is 0 Å². The average Bonchev–Trinajstić information content (AvgIpc) is 2.61. The van der Waals surface area contributed by atoms with E-state index < -0.39 is 0 Å². The van der Waals surface area contributed by atoms with Gasteiger partial charge in [-0.05, 0) is 25.4 Å². The molecule has 82 valence electrons. The third-order valence-corrected chi connectivity index (χ3v) is 2.89. The van der Waals surface area contributed by atoms with Gasteiger partial charge in [0.15, 0.2) is 5.78 Å². The number of ketones is 1. The zero-order chi connectivity index (χ0) is 11.5. The molecule has 0 saturated heterocycles. The van der Waals surface area contributed by atoms with Crippen LogP contribution in [0.4, 0.5) is 10.7 Å². The second-order valence-corrected chi connectivity index (χ2v) is 4.05. The van der Waals surface area contributed by atoms with Gasteiger partial charge in [0.2, 0.25) is 0 Å². The molecule has 0 aliphatic rings. The van der Waals surface area contributed by atoms with Crippen LogP contribution in [0.25, 0.3) is 0 Å². The molecule has 0 saturated carbocycles. The zero-order valence-corrected chi connectivity index (χ0v) is 9.71. The molecule has 6 heteroatoms. The van der Waals surface area contributed by atoms with Crippen LogP contribution in [0.3, 0.4) is 0 Å². The van der Waals surface area contributed by atoms with Gasteiger partial charge < -0.3 is 5.32 Å². The van der Waals surface area contributed by atoms with E-state index in [0.717, 1.165) is 16.4 Å². The molecule has 0 radical (unpaired) electrons. The van der Waals surface area contributed by atoms with Crippen molar-refractivity contribution in [1.29, 1.82) is 0 Å². The van der Waals surface area contributed by atoms with Gasteiger partial charge in [0.1, 0.15) is 11.3 Å². The minimum atomic E-state index is 0.00518. The Bertz CT molecular complexity index is 509. The monoisotopic (exact) mass is 234 g/mol. The molecule has 0 bridgehead atoms. The first-order chi connectivity index (χ1) is 7.68. The van der Waals surface area contributed by atoms with Crippen molar-refractivity contribution in [3.8, 4) is 0 Å². The summed E-state index contributed by atoms with van der Waals surface area (Å²) in [6.45, 7) is 3.35. The molecule has 2 aromatic heterocycles. The van der Waals surface area contributed by atoms with Crippen molar-refractivity contribution >= 4 is 28.0 Å². The summed E-state index contributed by atoms with van der Waals surface area (Å²) in [6.07, 6.45) is 4.74. The Morgan fingerprint density at radius 3 is 2.69 bits per heavy atom. The minimum Gasteiger partial charge on any atom is -0.343 e. The molecule has 5 nitrogen and oxygen atoms in total. The molecule has 1 N–H and O–H groups in total. The second kappa shape index (κ2) is 4.36. The number of nitrogens with zero attached hydrogens (tertiary/aromatic N) is 3. The van der Waals surface area contributed by atoms with Crippen molar-refractivity contribution in [2.24, 2.45) is 0 Å². The Balaban J connectivity index is 2.32. The summed E-state index contributed by atoms with van der Waals surface area (Å²) in [5.41, 5.74) is 2.12. The summed E-state index contributed by atoms with van der Waals surface area (Å²) >= 11 is 1.26. The normalized spacial score (nSPS) is 10.1. The van der Waals surface area contributed by atoms with Gasteiger partial charge in [0, 0.05) is 0 Å². The molecule has 0 aliphatic heterocycles. The number of hydrogen-bond acceptors (Lipinski definition) is 6. The number of aryl methyl sites for hydroxylation is 1. The molecule has 0 fully saturated rings. The van der Waals surface area contributed by atoms with Gasteiger partial charge in [-0.1, -0.05) is 0 Å². The topological polar surface area (TPSA) is 67.8 Å². The SMILES string of the molecule is CC(=O)c1c(C)nsc1Nc1cncnc1. The van der Waals surface area contributed by atoms with E-state index >= 15 is 0 Å². The van der Waals surface area contributed by atoms with E-state index in [2.05, 4.69) is 19.7 Å². The highest BCUT2D eigenvalue weighted by Gasteiger charge is 2.14. The highest BCUT2D eigenvalue weighted by atomic mass is 32.1. The molecule has 0 aliphatic carbocycles. The first-order valence-electron chi connectivity index (χ1n) is 4.67. The van der Waals surface area contributed by atoms with Crippen LogP contribution >= 0.6 is 11.5 Å². The molecule has 0 unspecified atom stereocenters. The fourth-order valence-electron chi connectivity index (χ4n) is 1.36. The summed E-state index contributed by atoms with van der Waals surface area (Å²) in [7, 11) is 0. The van der Waals surface area contributed by atoms with Gasteiger partial charge in [-0.25, -0.2) is 9.97 Å². The van der Waals surface area contributed by atoms with Crippen molar-refractivity contribution in [2.45, 2.75) is 13.8 Å². The van der Waals surface area contributed by atoms with Crippen molar-refractivity contribution in [2.75, 3.05) is 5.32 Å². The number of carbonyl (C=O) groups excluding carboxylic acids is 1. The van der Waals surface area contributed by atoms with Gasteiger partial charge in [-0.3, -0.25) is 4.79 Å². The Kier molecular flexibility index (Phi) is 2.91. The van der Waals surface area contributed by atoms with E-state index in [1.165, 1.54) is 24.8 Å². The van der Waals surface area contributed by atoms with Crippen LogP contribution in [-0.4, -0.2) is 20.1 Å². The smallest absolute Gasteiger partial charge is 0.164 e. The Morgan fingerprint density at radius 1 is 1.38 bits per heavy atom. The van der Waals surface area contributed by atoms with Crippen molar-refractivity contribution < 1.29 is 4.79 Å². The van der Waals surface area contributed by atoms with Crippen molar-refractivity contribution in [1.82, 2.24) is 14.3 Å². The van der Waals surface area contributed by atoms with Gasteiger partial charge in [0.05, 0.1) is 29.3 Å².